The van der Waals surface area contributed by atoms with Gasteiger partial charge in [-0.2, -0.15) is 0 Å². The third kappa shape index (κ3) is 1.89. The molecule has 1 aliphatic carbocycles. The maximum absolute atomic E-state index is 6.26. The van der Waals surface area contributed by atoms with Gasteiger partial charge in [0.1, 0.15) is 0 Å². The summed E-state index contributed by atoms with van der Waals surface area (Å²) in [6.45, 7) is 4.34. The van der Waals surface area contributed by atoms with Gasteiger partial charge in [-0.25, -0.2) is 0 Å². The van der Waals surface area contributed by atoms with Gasteiger partial charge in [0.2, 0.25) is 0 Å². The monoisotopic (exact) mass is 185 g/mol. The number of methoxy groups -OCH3 is 1. The number of hydrogen-bond donors (Lipinski definition) is 1. The van der Waals surface area contributed by atoms with Crippen LogP contribution >= 0.6 is 0 Å². The summed E-state index contributed by atoms with van der Waals surface area (Å²) in [6, 6.07) is 0.237. The van der Waals surface area contributed by atoms with Crippen LogP contribution in [0.1, 0.15) is 46.0 Å². The maximum atomic E-state index is 6.26. The zero-order valence-corrected chi connectivity index (χ0v) is 9.18. The highest BCUT2D eigenvalue weighted by atomic mass is 16.5. The molecule has 1 unspecified atom stereocenters. The molecular weight excluding hydrogens is 162 g/mol. The molecule has 1 atom stereocenters. The second-order valence-electron chi connectivity index (χ2n) is 4.19. The molecule has 1 fully saturated rings. The van der Waals surface area contributed by atoms with Crippen molar-refractivity contribution in [2.24, 2.45) is 11.7 Å². The van der Waals surface area contributed by atoms with Gasteiger partial charge < -0.3 is 10.5 Å². The Morgan fingerprint density at radius 1 is 1.38 bits per heavy atom. The lowest BCUT2D eigenvalue weighted by atomic mass is 9.71. The van der Waals surface area contributed by atoms with Crippen molar-refractivity contribution in [3.8, 4) is 0 Å². The highest BCUT2D eigenvalue weighted by Gasteiger charge is 2.40. The van der Waals surface area contributed by atoms with Gasteiger partial charge in [0, 0.05) is 13.2 Å². The van der Waals surface area contributed by atoms with Gasteiger partial charge in [0.15, 0.2) is 0 Å². The Kier molecular flexibility index (Phi) is 3.74. The van der Waals surface area contributed by atoms with Crippen LogP contribution in [0.2, 0.25) is 0 Å². The zero-order valence-electron chi connectivity index (χ0n) is 9.18. The van der Waals surface area contributed by atoms with Crippen molar-refractivity contribution in [2.75, 3.05) is 7.11 Å². The van der Waals surface area contributed by atoms with Crippen LogP contribution in [0.4, 0.5) is 0 Å². The molecule has 2 N–H and O–H groups in total. The molecule has 0 heterocycles. The van der Waals surface area contributed by atoms with Crippen molar-refractivity contribution in [3.63, 3.8) is 0 Å². The lowest BCUT2D eigenvalue weighted by Crippen LogP contribution is -2.54. The number of nitrogens with two attached hydrogens (primary N) is 1. The van der Waals surface area contributed by atoms with E-state index in [-0.39, 0.29) is 11.6 Å². The molecule has 0 amide bonds. The topological polar surface area (TPSA) is 35.2 Å². The van der Waals surface area contributed by atoms with Crippen molar-refractivity contribution in [2.45, 2.75) is 57.6 Å². The number of ether oxygens (including phenoxy) is 1. The molecule has 0 aliphatic heterocycles. The first kappa shape index (κ1) is 11.0. The summed E-state index contributed by atoms with van der Waals surface area (Å²) in [5, 5.41) is 0. The summed E-state index contributed by atoms with van der Waals surface area (Å²) < 4.78 is 5.63. The third-order valence-electron chi connectivity index (χ3n) is 3.87. The Morgan fingerprint density at radius 2 is 1.92 bits per heavy atom. The molecule has 1 aliphatic rings. The van der Waals surface area contributed by atoms with Gasteiger partial charge in [0.05, 0.1) is 5.60 Å². The third-order valence-corrected chi connectivity index (χ3v) is 3.87. The maximum Gasteiger partial charge on any atom is 0.0826 e. The SMILES string of the molecule is CCC(CC)(OC)C(N)C1CCC1. The molecule has 0 aromatic rings. The second-order valence-corrected chi connectivity index (χ2v) is 4.19. The van der Waals surface area contributed by atoms with Crippen LogP contribution < -0.4 is 5.73 Å². The number of rotatable bonds is 5. The summed E-state index contributed by atoms with van der Waals surface area (Å²) in [6.07, 6.45) is 6.00. The highest BCUT2D eigenvalue weighted by Crippen LogP contribution is 2.37. The van der Waals surface area contributed by atoms with Crippen molar-refractivity contribution in [1.82, 2.24) is 0 Å². The molecule has 0 bridgehead atoms. The molecule has 1 rings (SSSR count). The standard InChI is InChI=1S/C11H23NO/c1-4-11(5-2,13-3)10(12)9-7-6-8-9/h9-10H,4-8,12H2,1-3H3. The first-order chi connectivity index (χ1) is 6.20. The van der Waals surface area contributed by atoms with E-state index in [9.17, 15) is 0 Å². The van der Waals surface area contributed by atoms with E-state index in [0.29, 0.717) is 5.92 Å². The molecular formula is C11H23NO. The van der Waals surface area contributed by atoms with E-state index in [1.807, 2.05) is 0 Å². The Balaban J connectivity index is 2.60. The van der Waals surface area contributed by atoms with E-state index in [1.165, 1.54) is 19.3 Å². The summed E-state index contributed by atoms with van der Waals surface area (Å²) in [5.41, 5.74) is 6.20. The Morgan fingerprint density at radius 3 is 2.15 bits per heavy atom. The molecule has 0 aromatic carbocycles. The van der Waals surface area contributed by atoms with Crippen LogP contribution in [-0.2, 0) is 4.74 Å². The highest BCUT2D eigenvalue weighted by molar-refractivity contribution is 4.95. The first-order valence-corrected chi connectivity index (χ1v) is 5.51. The van der Waals surface area contributed by atoms with Crippen LogP contribution in [0, 0.1) is 5.92 Å². The van der Waals surface area contributed by atoms with E-state index in [0.717, 1.165) is 12.8 Å². The fraction of sp³-hybridized carbons (Fsp3) is 1.00. The lowest BCUT2D eigenvalue weighted by Gasteiger charge is -2.43. The molecule has 1 saturated carbocycles. The first-order valence-electron chi connectivity index (χ1n) is 5.51. The van der Waals surface area contributed by atoms with Gasteiger partial charge in [0.25, 0.3) is 0 Å². The van der Waals surface area contributed by atoms with E-state index in [4.69, 9.17) is 10.5 Å². The molecule has 0 radical (unpaired) electrons. The van der Waals surface area contributed by atoms with Gasteiger partial charge in [-0.3, -0.25) is 0 Å². The minimum absolute atomic E-state index is 0.0644. The molecule has 0 spiro atoms. The minimum atomic E-state index is -0.0644. The van der Waals surface area contributed by atoms with Crippen LogP contribution in [-0.4, -0.2) is 18.8 Å². The predicted molar refractivity (Wildman–Crippen MR) is 55.6 cm³/mol. The molecule has 0 saturated heterocycles. The van der Waals surface area contributed by atoms with E-state index in [2.05, 4.69) is 13.8 Å². The van der Waals surface area contributed by atoms with Crippen molar-refractivity contribution in [1.29, 1.82) is 0 Å². The van der Waals surface area contributed by atoms with Crippen LogP contribution in [0.25, 0.3) is 0 Å². The second kappa shape index (κ2) is 4.43. The Labute approximate surface area is 81.8 Å². The minimum Gasteiger partial charge on any atom is -0.377 e. The average molecular weight is 185 g/mol. The summed E-state index contributed by atoms with van der Waals surface area (Å²) in [7, 11) is 1.80. The summed E-state index contributed by atoms with van der Waals surface area (Å²) in [5.74, 6) is 0.708. The van der Waals surface area contributed by atoms with Crippen molar-refractivity contribution >= 4 is 0 Å². The van der Waals surface area contributed by atoms with Crippen molar-refractivity contribution in [3.05, 3.63) is 0 Å². The van der Waals surface area contributed by atoms with Gasteiger partial charge in [-0.15, -0.1) is 0 Å². The molecule has 2 heteroatoms. The van der Waals surface area contributed by atoms with E-state index in [1.54, 1.807) is 7.11 Å². The molecule has 2 nitrogen and oxygen atoms in total. The van der Waals surface area contributed by atoms with Crippen LogP contribution in [0.5, 0.6) is 0 Å². The van der Waals surface area contributed by atoms with Crippen LogP contribution in [0.15, 0.2) is 0 Å². The predicted octanol–water partition coefficient (Wildman–Crippen LogP) is 2.32. The molecule has 0 aromatic heterocycles. The Hall–Kier alpha value is -0.0800. The summed E-state index contributed by atoms with van der Waals surface area (Å²) >= 11 is 0. The molecule has 78 valence electrons. The Bertz CT molecular complexity index is 142. The molecule has 13 heavy (non-hydrogen) atoms. The quantitative estimate of drug-likeness (QED) is 0.713. The van der Waals surface area contributed by atoms with Gasteiger partial charge in [-0.05, 0) is 31.6 Å². The lowest BCUT2D eigenvalue weighted by molar-refractivity contribution is -0.0611. The number of hydrogen-bond acceptors (Lipinski definition) is 2. The van der Waals surface area contributed by atoms with Gasteiger partial charge >= 0.3 is 0 Å². The van der Waals surface area contributed by atoms with E-state index < -0.39 is 0 Å². The van der Waals surface area contributed by atoms with E-state index >= 15 is 0 Å². The smallest absolute Gasteiger partial charge is 0.0826 e. The zero-order chi connectivity index (χ0) is 9.90. The summed E-state index contributed by atoms with van der Waals surface area (Å²) in [4.78, 5) is 0. The van der Waals surface area contributed by atoms with Crippen molar-refractivity contribution < 1.29 is 4.74 Å². The normalized spacial score (nSPS) is 21.2. The largest absolute Gasteiger partial charge is 0.377 e. The van der Waals surface area contributed by atoms with Crippen LogP contribution in [0.3, 0.4) is 0 Å². The average Bonchev–Trinajstić information content (AvgIpc) is 2.05. The fourth-order valence-corrected chi connectivity index (χ4v) is 2.37. The fourth-order valence-electron chi connectivity index (χ4n) is 2.37. The van der Waals surface area contributed by atoms with Gasteiger partial charge in [-0.1, -0.05) is 20.3 Å².